The summed E-state index contributed by atoms with van der Waals surface area (Å²) in [6.45, 7) is 0. The molecule has 0 saturated heterocycles. The highest BCUT2D eigenvalue weighted by molar-refractivity contribution is 6.30. The van der Waals surface area contributed by atoms with Crippen molar-refractivity contribution >= 4 is 17.4 Å². The molecule has 0 spiro atoms. The zero-order valence-electron chi connectivity index (χ0n) is 9.58. The first kappa shape index (κ1) is 11.4. The van der Waals surface area contributed by atoms with Crippen LogP contribution < -0.4 is 5.73 Å². The quantitative estimate of drug-likeness (QED) is 0.860. The normalized spacial score (nSPS) is 13.7. The standard InChI is InChI=1S/C13H11ClFN3/c14-9-5-4-7(6-10(9)15)13-17-11-3-1-2-8(11)12(16)18-13/h4-6H,1-3H2,(H2,16,17,18). The molecule has 0 bridgehead atoms. The van der Waals surface area contributed by atoms with Crippen molar-refractivity contribution in [3.05, 3.63) is 40.3 Å². The molecule has 0 amide bonds. The predicted octanol–water partition coefficient (Wildman–Crippen LogP) is 3.01. The highest BCUT2D eigenvalue weighted by atomic mass is 35.5. The molecule has 0 aliphatic heterocycles. The van der Waals surface area contributed by atoms with Gasteiger partial charge in [0.25, 0.3) is 0 Å². The van der Waals surface area contributed by atoms with Crippen LogP contribution in [-0.2, 0) is 12.8 Å². The van der Waals surface area contributed by atoms with Crippen molar-refractivity contribution in [1.82, 2.24) is 9.97 Å². The van der Waals surface area contributed by atoms with Gasteiger partial charge in [-0.3, -0.25) is 0 Å². The van der Waals surface area contributed by atoms with Crippen LogP contribution in [0.3, 0.4) is 0 Å². The number of rotatable bonds is 1. The van der Waals surface area contributed by atoms with Gasteiger partial charge in [0, 0.05) is 16.8 Å². The van der Waals surface area contributed by atoms with Gasteiger partial charge in [-0.15, -0.1) is 0 Å². The minimum atomic E-state index is -0.475. The second kappa shape index (κ2) is 4.21. The monoisotopic (exact) mass is 263 g/mol. The Morgan fingerprint density at radius 3 is 2.83 bits per heavy atom. The number of aromatic nitrogens is 2. The van der Waals surface area contributed by atoms with Crippen molar-refractivity contribution in [1.29, 1.82) is 0 Å². The Labute approximate surface area is 109 Å². The lowest BCUT2D eigenvalue weighted by Gasteiger charge is -2.07. The van der Waals surface area contributed by atoms with Gasteiger partial charge >= 0.3 is 0 Å². The number of hydrogen-bond acceptors (Lipinski definition) is 3. The maximum atomic E-state index is 13.4. The molecule has 1 aromatic heterocycles. The number of halogens is 2. The van der Waals surface area contributed by atoms with Gasteiger partial charge in [-0.25, -0.2) is 14.4 Å². The van der Waals surface area contributed by atoms with Gasteiger partial charge in [0.1, 0.15) is 11.6 Å². The number of nitrogens with two attached hydrogens (primary N) is 1. The van der Waals surface area contributed by atoms with E-state index in [1.54, 1.807) is 6.07 Å². The van der Waals surface area contributed by atoms with Crippen LogP contribution >= 0.6 is 11.6 Å². The van der Waals surface area contributed by atoms with Gasteiger partial charge in [0.15, 0.2) is 5.82 Å². The van der Waals surface area contributed by atoms with Crippen molar-refractivity contribution in [3.63, 3.8) is 0 Å². The lowest BCUT2D eigenvalue weighted by Crippen LogP contribution is -2.02. The molecule has 0 saturated carbocycles. The summed E-state index contributed by atoms with van der Waals surface area (Å²) in [5.41, 5.74) is 8.52. The fourth-order valence-electron chi connectivity index (χ4n) is 2.23. The average molecular weight is 264 g/mol. The highest BCUT2D eigenvalue weighted by Gasteiger charge is 2.18. The molecule has 2 aromatic rings. The fourth-order valence-corrected chi connectivity index (χ4v) is 2.34. The zero-order chi connectivity index (χ0) is 12.7. The van der Waals surface area contributed by atoms with Gasteiger partial charge in [0.2, 0.25) is 0 Å². The van der Waals surface area contributed by atoms with Crippen LogP contribution in [0.25, 0.3) is 11.4 Å². The van der Waals surface area contributed by atoms with Gasteiger partial charge in [0.05, 0.1) is 5.02 Å². The number of benzene rings is 1. The van der Waals surface area contributed by atoms with E-state index < -0.39 is 5.82 Å². The summed E-state index contributed by atoms with van der Waals surface area (Å²) in [5.74, 6) is 0.489. The van der Waals surface area contributed by atoms with Crippen molar-refractivity contribution in [2.75, 3.05) is 5.73 Å². The van der Waals surface area contributed by atoms with Crippen molar-refractivity contribution < 1.29 is 4.39 Å². The van der Waals surface area contributed by atoms with E-state index in [2.05, 4.69) is 9.97 Å². The number of nitrogen functional groups attached to an aromatic ring is 1. The lowest BCUT2D eigenvalue weighted by atomic mass is 10.2. The molecule has 2 N–H and O–H groups in total. The number of nitrogens with zero attached hydrogens (tertiary/aromatic N) is 2. The second-order valence-electron chi connectivity index (χ2n) is 4.34. The molecular weight excluding hydrogens is 253 g/mol. The average Bonchev–Trinajstić information content (AvgIpc) is 2.81. The molecule has 1 aliphatic rings. The van der Waals surface area contributed by atoms with Crippen LogP contribution in [0.1, 0.15) is 17.7 Å². The summed E-state index contributed by atoms with van der Waals surface area (Å²) >= 11 is 5.65. The van der Waals surface area contributed by atoms with E-state index in [-0.39, 0.29) is 5.02 Å². The van der Waals surface area contributed by atoms with E-state index in [1.165, 1.54) is 12.1 Å². The third kappa shape index (κ3) is 1.82. The molecule has 5 heteroatoms. The van der Waals surface area contributed by atoms with Crippen molar-refractivity contribution in [3.8, 4) is 11.4 Å². The maximum absolute atomic E-state index is 13.4. The molecule has 92 valence electrons. The first-order valence-corrected chi connectivity index (χ1v) is 6.13. The summed E-state index contributed by atoms with van der Waals surface area (Å²) in [4.78, 5) is 8.70. The Balaban J connectivity index is 2.12. The smallest absolute Gasteiger partial charge is 0.161 e. The first-order valence-electron chi connectivity index (χ1n) is 5.76. The lowest BCUT2D eigenvalue weighted by molar-refractivity contribution is 0.628. The van der Waals surface area contributed by atoms with E-state index in [9.17, 15) is 4.39 Å². The predicted molar refractivity (Wildman–Crippen MR) is 68.9 cm³/mol. The van der Waals surface area contributed by atoms with Crippen LogP contribution in [0.2, 0.25) is 5.02 Å². The van der Waals surface area contributed by atoms with Crippen LogP contribution in [-0.4, -0.2) is 9.97 Å². The molecule has 0 atom stereocenters. The SMILES string of the molecule is Nc1nc(-c2ccc(Cl)c(F)c2)nc2c1CCC2. The van der Waals surface area contributed by atoms with Crippen LogP contribution in [0.5, 0.6) is 0 Å². The Morgan fingerprint density at radius 2 is 2.06 bits per heavy atom. The maximum Gasteiger partial charge on any atom is 0.161 e. The summed E-state index contributed by atoms with van der Waals surface area (Å²) in [5, 5.41) is 0.0906. The molecule has 0 radical (unpaired) electrons. The van der Waals surface area contributed by atoms with E-state index >= 15 is 0 Å². The van der Waals surface area contributed by atoms with Crippen LogP contribution in [0.15, 0.2) is 18.2 Å². The molecule has 1 aliphatic carbocycles. The van der Waals surface area contributed by atoms with Gasteiger partial charge < -0.3 is 5.73 Å². The summed E-state index contributed by atoms with van der Waals surface area (Å²) in [6.07, 6.45) is 2.88. The Bertz CT molecular complexity index is 628. The number of hydrogen-bond donors (Lipinski definition) is 1. The van der Waals surface area contributed by atoms with E-state index in [1.807, 2.05) is 0 Å². The Kier molecular flexibility index (Phi) is 2.67. The zero-order valence-corrected chi connectivity index (χ0v) is 10.3. The minimum absolute atomic E-state index is 0.0906. The van der Waals surface area contributed by atoms with Crippen molar-refractivity contribution in [2.24, 2.45) is 0 Å². The molecular formula is C13H11ClFN3. The molecule has 1 aromatic carbocycles. The Hall–Kier alpha value is -1.68. The number of anilines is 1. The van der Waals surface area contributed by atoms with E-state index in [0.29, 0.717) is 17.2 Å². The second-order valence-corrected chi connectivity index (χ2v) is 4.75. The molecule has 3 rings (SSSR count). The summed E-state index contributed by atoms with van der Waals surface area (Å²) in [7, 11) is 0. The molecule has 1 heterocycles. The summed E-state index contributed by atoms with van der Waals surface area (Å²) < 4.78 is 13.4. The van der Waals surface area contributed by atoms with E-state index in [0.717, 1.165) is 30.5 Å². The van der Waals surface area contributed by atoms with Crippen LogP contribution in [0.4, 0.5) is 10.2 Å². The van der Waals surface area contributed by atoms with Gasteiger partial charge in [-0.05, 0) is 37.5 Å². The minimum Gasteiger partial charge on any atom is -0.383 e. The third-order valence-corrected chi connectivity index (χ3v) is 3.45. The van der Waals surface area contributed by atoms with Crippen LogP contribution in [0, 0.1) is 5.82 Å². The van der Waals surface area contributed by atoms with E-state index in [4.69, 9.17) is 17.3 Å². The molecule has 0 unspecified atom stereocenters. The first-order chi connectivity index (χ1) is 8.65. The Morgan fingerprint density at radius 1 is 1.22 bits per heavy atom. The van der Waals surface area contributed by atoms with Gasteiger partial charge in [-0.1, -0.05) is 11.6 Å². The largest absolute Gasteiger partial charge is 0.383 e. The highest BCUT2D eigenvalue weighted by Crippen LogP contribution is 2.28. The molecule has 3 nitrogen and oxygen atoms in total. The summed E-state index contributed by atoms with van der Waals surface area (Å²) in [6, 6.07) is 4.53. The topological polar surface area (TPSA) is 51.8 Å². The van der Waals surface area contributed by atoms with Gasteiger partial charge in [-0.2, -0.15) is 0 Å². The number of fused-ring (bicyclic) bond motifs is 1. The molecule has 18 heavy (non-hydrogen) atoms. The number of aryl methyl sites for hydroxylation is 1. The third-order valence-electron chi connectivity index (χ3n) is 3.14. The van der Waals surface area contributed by atoms with Crippen molar-refractivity contribution in [2.45, 2.75) is 19.3 Å². The molecule has 0 fully saturated rings. The fraction of sp³-hybridized carbons (Fsp3) is 0.231.